The van der Waals surface area contributed by atoms with E-state index in [2.05, 4.69) is 120 Å². The van der Waals surface area contributed by atoms with Gasteiger partial charge in [-0.1, -0.05) is 164 Å². The van der Waals surface area contributed by atoms with E-state index in [0.717, 1.165) is 39.1 Å². The maximum Gasteiger partial charge on any atom is 0.182 e. The highest BCUT2D eigenvalue weighted by Crippen LogP contribution is 2.62. The van der Waals surface area contributed by atoms with Gasteiger partial charge in [-0.25, -0.2) is 15.0 Å². The third kappa shape index (κ3) is 5.26. The van der Waals surface area contributed by atoms with E-state index in [1.807, 2.05) is 72.8 Å². The van der Waals surface area contributed by atoms with Crippen LogP contribution in [0.1, 0.15) is 22.3 Å². The lowest BCUT2D eigenvalue weighted by molar-refractivity contribution is 0.361. The van der Waals surface area contributed by atoms with Crippen molar-refractivity contribution < 1.29 is 9.47 Å². The largest absolute Gasteiger partial charge is 0.449 e. The van der Waals surface area contributed by atoms with Crippen molar-refractivity contribution in [3.05, 3.63) is 217 Å². The van der Waals surface area contributed by atoms with Crippen LogP contribution in [-0.2, 0) is 5.41 Å². The first-order valence-electron chi connectivity index (χ1n) is 19.0. The van der Waals surface area contributed by atoms with Gasteiger partial charge in [0, 0.05) is 28.5 Å². The molecule has 0 amide bonds. The van der Waals surface area contributed by atoms with Crippen molar-refractivity contribution in [2.24, 2.45) is 0 Å². The van der Waals surface area contributed by atoms with Crippen molar-refractivity contribution in [1.29, 1.82) is 0 Å². The van der Waals surface area contributed by atoms with Crippen molar-refractivity contribution in [1.82, 2.24) is 19.9 Å². The average Bonchev–Trinajstić information content (AvgIpc) is 3.61. The molecule has 0 atom stereocenters. The van der Waals surface area contributed by atoms with Gasteiger partial charge in [0.2, 0.25) is 0 Å². The monoisotopic (exact) mass is 732 g/mol. The maximum absolute atomic E-state index is 6.95. The number of pyridine rings is 1. The Labute approximate surface area is 329 Å². The molecule has 6 nitrogen and oxygen atoms in total. The number of benzene rings is 7. The Hall–Kier alpha value is -7.70. The molecule has 3 heterocycles. The second-order valence-corrected chi connectivity index (χ2v) is 14.1. The Kier molecular flexibility index (Phi) is 7.60. The summed E-state index contributed by atoms with van der Waals surface area (Å²) in [4.78, 5) is 19.1. The molecule has 268 valence electrons. The van der Waals surface area contributed by atoms with Crippen LogP contribution >= 0.6 is 0 Å². The first-order valence-corrected chi connectivity index (χ1v) is 19.0. The zero-order chi connectivity index (χ0) is 37.8. The van der Waals surface area contributed by atoms with Crippen LogP contribution in [0.4, 0.5) is 0 Å². The smallest absolute Gasteiger partial charge is 0.182 e. The van der Waals surface area contributed by atoms with E-state index in [0.29, 0.717) is 40.4 Å². The number of aromatic nitrogens is 4. The second kappa shape index (κ2) is 13.3. The summed E-state index contributed by atoms with van der Waals surface area (Å²) in [6, 6.07) is 64.4. The summed E-state index contributed by atoms with van der Waals surface area (Å²) in [6.07, 6.45) is 1.75. The Morgan fingerprint density at radius 1 is 0.368 bits per heavy atom. The highest BCUT2D eigenvalue weighted by molar-refractivity contribution is 5.92. The lowest BCUT2D eigenvalue weighted by atomic mass is 9.68. The summed E-state index contributed by atoms with van der Waals surface area (Å²) < 4.78 is 13.8. The molecule has 0 fully saturated rings. The molecule has 2 aromatic heterocycles. The quantitative estimate of drug-likeness (QED) is 0.169. The SMILES string of the molecule is c1ccc(-c2nc(-c3ccc(-c4cccc5c4Oc4ccc6c(c4O5)-c4ccccc4C6(c4ccccc4)c4ccccc4)cc3)nc(-c3ccccn3)n2)cc1. The van der Waals surface area contributed by atoms with Gasteiger partial charge in [0.05, 0.1) is 5.41 Å². The molecular weight excluding hydrogens is 701 g/mol. The molecule has 0 bridgehead atoms. The van der Waals surface area contributed by atoms with Crippen LogP contribution in [0.5, 0.6) is 23.0 Å². The van der Waals surface area contributed by atoms with Gasteiger partial charge in [-0.3, -0.25) is 4.98 Å². The zero-order valence-corrected chi connectivity index (χ0v) is 30.6. The molecule has 1 aliphatic carbocycles. The summed E-state index contributed by atoms with van der Waals surface area (Å²) in [5.41, 5.74) is 10.8. The van der Waals surface area contributed by atoms with Gasteiger partial charge < -0.3 is 9.47 Å². The van der Waals surface area contributed by atoms with E-state index in [9.17, 15) is 0 Å². The molecule has 11 rings (SSSR count). The first kappa shape index (κ1) is 32.7. The zero-order valence-electron chi connectivity index (χ0n) is 30.6. The Bertz CT molecular complexity index is 2840. The van der Waals surface area contributed by atoms with Crippen LogP contribution in [-0.4, -0.2) is 19.9 Å². The fourth-order valence-electron chi connectivity index (χ4n) is 8.44. The number of ether oxygens (including phenoxy) is 2. The molecule has 0 unspecified atom stereocenters. The van der Waals surface area contributed by atoms with Crippen LogP contribution in [0.15, 0.2) is 194 Å². The highest BCUT2D eigenvalue weighted by Gasteiger charge is 2.48. The summed E-state index contributed by atoms with van der Waals surface area (Å²) in [5.74, 6) is 4.41. The van der Waals surface area contributed by atoms with E-state index in [1.165, 1.54) is 22.3 Å². The van der Waals surface area contributed by atoms with Crippen LogP contribution in [0.25, 0.3) is 56.5 Å². The van der Waals surface area contributed by atoms with Gasteiger partial charge in [0.25, 0.3) is 0 Å². The minimum Gasteiger partial charge on any atom is -0.449 e. The van der Waals surface area contributed by atoms with Gasteiger partial charge in [-0.15, -0.1) is 0 Å². The van der Waals surface area contributed by atoms with Crippen molar-refractivity contribution >= 4 is 0 Å². The normalized spacial score (nSPS) is 13.0. The minimum atomic E-state index is -0.532. The lowest BCUT2D eigenvalue weighted by Gasteiger charge is -2.34. The third-order valence-corrected chi connectivity index (χ3v) is 11.0. The van der Waals surface area contributed by atoms with Crippen molar-refractivity contribution in [2.45, 2.75) is 5.41 Å². The molecule has 0 radical (unpaired) electrons. The van der Waals surface area contributed by atoms with E-state index < -0.39 is 5.41 Å². The van der Waals surface area contributed by atoms with Crippen LogP contribution < -0.4 is 9.47 Å². The maximum atomic E-state index is 6.95. The molecular formula is C51H32N4O2. The molecule has 6 heteroatoms. The number of rotatable bonds is 6. The standard InChI is InChI=1S/C51H32N4O2/c1-4-15-34(16-5-1)48-53-49(55-50(54-48)42-24-12-13-32-52-42)35-28-26-33(27-29-35)38-22-14-25-43-46(38)56-44-31-30-41-45(47(44)57-43)39-21-10-11-23-40(39)51(41,36-17-6-2-7-18-36)37-19-8-3-9-20-37/h1-32H. The number of fused-ring (bicyclic) bond motifs is 6. The van der Waals surface area contributed by atoms with Gasteiger partial charge in [0.15, 0.2) is 40.5 Å². The molecule has 2 aliphatic rings. The summed E-state index contributed by atoms with van der Waals surface area (Å²) in [6.45, 7) is 0. The Balaban J connectivity index is 0.990. The Morgan fingerprint density at radius 2 is 0.930 bits per heavy atom. The molecule has 9 aromatic rings. The molecule has 7 aromatic carbocycles. The van der Waals surface area contributed by atoms with Gasteiger partial charge >= 0.3 is 0 Å². The predicted octanol–water partition coefficient (Wildman–Crippen LogP) is 12.2. The summed E-state index contributed by atoms with van der Waals surface area (Å²) in [5, 5.41) is 0. The molecule has 57 heavy (non-hydrogen) atoms. The summed E-state index contributed by atoms with van der Waals surface area (Å²) in [7, 11) is 0. The lowest BCUT2D eigenvalue weighted by Crippen LogP contribution is -2.28. The van der Waals surface area contributed by atoms with Crippen molar-refractivity contribution in [3.8, 4) is 79.5 Å². The minimum absolute atomic E-state index is 0.517. The predicted molar refractivity (Wildman–Crippen MR) is 223 cm³/mol. The number of hydrogen-bond acceptors (Lipinski definition) is 6. The van der Waals surface area contributed by atoms with E-state index in [1.54, 1.807) is 6.20 Å². The topological polar surface area (TPSA) is 70.0 Å². The average molecular weight is 733 g/mol. The highest BCUT2D eigenvalue weighted by atomic mass is 16.6. The second-order valence-electron chi connectivity index (χ2n) is 14.1. The molecule has 1 aliphatic heterocycles. The van der Waals surface area contributed by atoms with Gasteiger partial charge in [-0.05, 0) is 57.6 Å². The molecule has 0 spiro atoms. The van der Waals surface area contributed by atoms with Crippen molar-refractivity contribution in [3.63, 3.8) is 0 Å². The van der Waals surface area contributed by atoms with E-state index in [-0.39, 0.29) is 0 Å². The third-order valence-electron chi connectivity index (χ3n) is 11.0. The first-order chi connectivity index (χ1) is 28.3. The van der Waals surface area contributed by atoms with E-state index >= 15 is 0 Å². The van der Waals surface area contributed by atoms with Crippen LogP contribution in [0, 0.1) is 0 Å². The molecule has 0 saturated carbocycles. The van der Waals surface area contributed by atoms with Crippen LogP contribution in [0.2, 0.25) is 0 Å². The fourth-order valence-corrected chi connectivity index (χ4v) is 8.44. The fraction of sp³-hybridized carbons (Fsp3) is 0.0196. The Morgan fingerprint density at radius 3 is 1.63 bits per heavy atom. The van der Waals surface area contributed by atoms with Gasteiger partial charge in [-0.2, -0.15) is 0 Å². The van der Waals surface area contributed by atoms with Gasteiger partial charge in [0.1, 0.15) is 5.69 Å². The van der Waals surface area contributed by atoms with Crippen molar-refractivity contribution in [2.75, 3.05) is 0 Å². The summed E-state index contributed by atoms with van der Waals surface area (Å²) >= 11 is 0. The number of para-hydroxylation sites is 1. The number of hydrogen-bond donors (Lipinski definition) is 0. The molecule has 0 N–H and O–H groups in total. The van der Waals surface area contributed by atoms with E-state index in [4.69, 9.17) is 24.4 Å². The van der Waals surface area contributed by atoms with Crippen LogP contribution in [0.3, 0.4) is 0 Å². The molecule has 0 saturated heterocycles. The number of nitrogens with zero attached hydrogens (tertiary/aromatic N) is 4.